The van der Waals surface area contributed by atoms with Crippen LogP contribution in [-0.4, -0.2) is 4.98 Å². The normalized spacial score (nSPS) is 10.9. The first-order chi connectivity index (χ1) is 8.36. The highest BCUT2D eigenvalue weighted by molar-refractivity contribution is 14.1. The molecule has 1 heterocycles. The van der Waals surface area contributed by atoms with Crippen LogP contribution in [0.4, 0.5) is 0 Å². The van der Waals surface area contributed by atoms with Gasteiger partial charge in [-0.25, -0.2) is 4.98 Å². The molecule has 2 nitrogen and oxygen atoms in total. The van der Waals surface area contributed by atoms with E-state index in [1.165, 1.54) is 10.8 Å². The van der Waals surface area contributed by atoms with Gasteiger partial charge in [-0.2, -0.15) is 0 Å². The highest BCUT2D eigenvalue weighted by Crippen LogP contribution is 2.24. The van der Waals surface area contributed by atoms with Gasteiger partial charge in [0.25, 0.3) is 0 Å². The zero-order valence-electron chi connectivity index (χ0n) is 9.06. The van der Waals surface area contributed by atoms with E-state index in [2.05, 4.69) is 51.8 Å². The van der Waals surface area contributed by atoms with Crippen LogP contribution in [0.2, 0.25) is 0 Å². The van der Waals surface area contributed by atoms with Crippen LogP contribution in [0, 0.1) is 0 Å². The molecule has 0 saturated heterocycles. The van der Waals surface area contributed by atoms with E-state index in [9.17, 15) is 0 Å². The Labute approximate surface area is 113 Å². The molecule has 17 heavy (non-hydrogen) atoms. The zero-order valence-corrected chi connectivity index (χ0v) is 11.2. The van der Waals surface area contributed by atoms with Crippen molar-refractivity contribution in [2.75, 3.05) is 0 Å². The lowest BCUT2D eigenvalue weighted by Crippen LogP contribution is -1.80. The van der Waals surface area contributed by atoms with E-state index in [-0.39, 0.29) is 0 Å². The van der Waals surface area contributed by atoms with E-state index >= 15 is 0 Å². The summed E-state index contributed by atoms with van der Waals surface area (Å²) in [6, 6.07) is 14.5. The Bertz CT molecular complexity index is 660. The zero-order chi connectivity index (χ0) is 11.7. The highest BCUT2D eigenvalue weighted by Gasteiger charge is 2.06. The molecule has 0 fully saturated rings. The average Bonchev–Trinajstić information content (AvgIpc) is 2.87. The SMILES string of the molecule is ICc1coc(-c2ccc3ccccc3c2)n1. The lowest BCUT2D eigenvalue weighted by molar-refractivity contribution is 0.573. The van der Waals surface area contributed by atoms with Crippen molar-refractivity contribution in [2.24, 2.45) is 0 Å². The minimum atomic E-state index is 0.697. The van der Waals surface area contributed by atoms with Crippen LogP contribution in [0.5, 0.6) is 0 Å². The second-order valence-electron chi connectivity index (χ2n) is 3.84. The molecule has 0 spiro atoms. The van der Waals surface area contributed by atoms with Gasteiger partial charge in [0.05, 0.1) is 5.69 Å². The van der Waals surface area contributed by atoms with Gasteiger partial charge in [-0.3, -0.25) is 0 Å². The van der Waals surface area contributed by atoms with Gasteiger partial charge in [-0.1, -0.05) is 52.9 Å². The van der Waals surface area contributed by atoms with E-state index in [0.717, 1.165) is 15.7 Å². The Morgan fingerprint density at radius 3 is 2.65 bits per heavy atom. The monoisotopic (exact) mass is 335 g/mol. The first-order valence-corrected chi connectivity index (χ1v) is 6.89. The summed E-state index contributed by atoms with van der Waals surface area (Å²) in [5, 5.41) is 2.44. The third-order valence-electron chi connectivity index (χ3n) is 2.69. The molecule has 1 aromatic heterocycles. The number of aromatic nitrogens is 1. The molecule has 84 valence electrons. The Hall–Kier alpha value is -1.36. The van der Waals surface area contributed by atoms with E-state index in [4.69, 9.17) is 4.42 Å². The number of rotatable bonds is 2. The lowest BCUT2D eigenvalue weighted by atomic mass is 10.1. The number of benzene rings is 2. The van der Waals surface area contributed by atoms with Crippen LogP contribution >= 0.6 is 22.6 Å². The number of oxazole rings is 1. The first-order valence-electron chi connectivity index (χ1n) is 5.36. The Kier molecular flexibility index (Phi) is 2.84. The number of fused-ring (bicyclic) bond motifs is 1. The van der Waals surface area contributed by atoms with Crippen molar-refractivity contribution >= 4 is 33.4 Å². The molecular weight excluding hydrogens is 325 g/mol. The predicted octanol–water partition coefficient (Wildman–Crippen LogP) is 4.43. The maximum atomic E-state index is 5.47. The van der Waals surface area contributed by atoms with E-state index in [1.54, 1.807) is 6.26 Å². The molecule has 3 rings (SSSR count). The summed E-state index contributed by atoms with van der Waals surface area (Å²) in [4.78, 5) is 4.43. The molecule has 0 aliphatic carbocycles. The van der Waals surface area contributed by atoms with Crippen LogP contribution < -0.4 is 0 Å². The Morgan fingerprint density at radius 1 is 1.06 bits per heavy atom. The van der Waals surface area contributed by atoms with Gasteiger partial charge >= 0.3 is 0 Å². The van der Waals surface area contributed by atoms with Crippen LogP contribution in [0.15, 0.2) is 53.1 Å². The largest absolute Gasteiger partial charge is 0.444 e. The van der Waals surface area contributed by atoms with Crippen LogP contribution in [-0.2, 0) is 4.43 Å². The third kappa shape index (κ3) is 2.07. The molecule has 0 unspecified atom stereocenters. The maximum Gasteiger partial charge on any atom is 0.226 e. The van der Waals surface area contributed by atoms with Gasteiger partial charge in [-0.15, -0.1) is 0 Å². The van der Waals surface area contributed by atoms with Crippen LogP contribution in [0.25, 0.3) is 22.2 Å². The second-order valence-corrected chi connectivity index (χ2v) is 4.60. The summed E-state index contributed by atoms with van der Waals surface area (Å²) >= 11 is 2.28. The summed E-state index contributed by atoms with van der Waals surface area (Å²) in [5.74, 6) is 0.697. The van der Waals surface area contributed by atoms with Gasteiger partial charge in [0.2, 0.25) is 5.89 Å². The van der Waals surface area contributed by atoms with Gasteiger partial charge < -0.3 is 4.42 Å². The third-order valence-corrected chi connectivity index (χ3v) is 3.47. The quantitative estimate of drug-likeness (QED) is 0.511. The van der Waals surface area contributed by atoms with Crippen molar-refractivity contribution in [3.63, 3.8) is 0 Å². The fraction of sp³-hybridized carbons (Fsp3) is 0.0714. The van der Waals surface area contributed by atoms with Crippen LogP contribution in [0.1, 0.15) is 5.69 Å². The molecular formula is C14H10INO. The topological polar surface area (TPSA) is 26.0 Å². The van der Waals surface area contributed by atoms with Crippen LogP contribution in [0.3, 0.4) is 0 Å². The predicted molar refractivity (Wildman–Crippen MR) is 77.2 cm³/mol. The standard InChI is InChI=1S/C14H10INO/c15-8-13-9-17-14(16-13)12-6-5-10-3-1-2-4-11(10)7-12/h1-7,9H,8H2. The van der Waals surface area contributed by atoms with Gasteiger partial charge in [0.1, 0.15) is 6.26 Å². The van der Waals surface area contributed by atoms with E-state index < -0.39 is 0 Å². The van der Waals surface area contributed by atoms with Crippen molar-refractivity contribution in [1.82, 2.24) is 4.98 Å². The molecule has 0 radical (unpaired) electrons. The minimum Gasteiger partial charge on any atom is -0.444 e. The summed E-state index contributed by atoms with van der Waals surface area (Å²) < 4.78 is 6.34. The van der Waals surface area contributed by atoms with Gasteiger partial charge in [0, 0.05) is 9.99 Å². The Morgan fingerprint density at radius 2 is 1.88 bits per heavy atom. The fourth-order valence-corrected chi connectivity index (χ4v) is 2.17. The summed E-state index contributed by atoms with van der Waals surface area (Å²) in [7, 11) is 0. The smallest absolute Gasteiger partial charge is 0.226 e. The van der Waals surface area contributed by atoms with E-state index in [1.807, 2.05) is 18.2 Å². The maximum absolute atomic E-state index is 5.47. The van der Waals surface area contributed by atoms with E-state index in [0.29, 0.717) is 5.89 Å². The molecule has 0 aliphatic heterocycles. The second kappa shape index (κ2) is 4.49. The number of halogens is 1. The molecule has 0 N–H and O–H groups in total. The fourth-order valence-electron chi connectivity index (χ4n) is 1.82. The van der Waals surface area contributed by atoms with Gasteiger partial charge in [-0.05, 0) is 22.9 Å². The summed E-state index contributed by atoms with van der Waals surface area (Å²) in [5.41, 5.74) is 2.01. The molecule has 0 aliphatic rings. The number of alkyl halides is 1. The number of hydrogen-bond donors (Lipinski definition) is 0. The van der Waals surface area contributed by atoms with Crippen molar-refractivity contribution in [2.45, 2.75) is 4.43 Å². The minimum absolute atomic E-state index is 0.697. The molecule has 0 bridgehead atoms. The van der Waals surface area contributed by atoms with Crippen molar-refractivity contribution in [3.05, 3.63) is 54.4 Å². The highest BCUT2D eigenvalue weighted by atomic mass is 127. The summed E-state index contributed by atoms with van der Waals surface area (Å²) in [6.45, 7) is 0. The molecule has 0 atom stereocenters. The lowest BCUT2D eigenvalue weighted by Gasteiger charge is -1.99. The van der Waals surface area contributed by atoms with Gasteiger partial charge in [0.15, 0.2) is 0 Å². The molecule has 0 saturated carbocycles. The number of hydrogen-bond acceptors (Lipinski definition) is 2. The van der Waals surface area contributed by atoms with Crippen molar-refractivity contribution < 1.29 is 4.42 Å². The molecule has 0 amide bonds. The first kappa shape index (κ1) is 10.8. The molecule has 2 aromatic carbocycles. The molecule has 3 aromatic rings. The number of nitrogens with zero attached hydrogens (tertiary/aromatic N) is 1. The summed E-state index contributed by atoms with van der Waals surface area (Å²) in [6.07, 6.45) is 1.72. The Balaban J connectivity index is 2.11. The van der Waals surface area contributed by atoms with Crippen molar-refractivity contribution in [3.8, 4) is 11.5 Å². The molecule has 3 heteroatoms. The van der Waals surface area contributed by atoms with Crippen molar-refractivity contribution in [1.29, 1.82) is 0 Å². The average molecular weight is 335 g/mol.